The molecule has 0 saturated heterocycles. The normalized spacial score (nSPS) is 12.7. The van der Waals surface area contributed by atoms with Crippen LogP contribution in [0.2, 0.25) is 0 Å². The van der Waals surface area contributed by atoms with Crippen LogP contribution >= 0.6 is 11.3 Å². The van der Waals surface area contributed by atoms with Crippen molar-refractivity contribution in [3.63, 3.8) is 0 Å². The van der Waals surface area contributed by atoms with E-state index in [2.05, 4.69) is 19.2 Å². The van der Waals surface area contributed by atoms with E-state index in [0.717, 1.165) is 11.3 Å². The Morgan fingerprint density at radius 3 is 2.78 bits per heavy atom. The van der Waals surface area contributed by atoms with Crippen LogP contribution in [0.15, 0.2) is 11.4 Å². The van der Waals surface area contributed by atoms with Crippen LogP contribution in [0.1, 0.15) is 30.7 Å². The number of hydrogen-bond acceptors (Lipinski definition) is 3. The molecule has 1 heterocycles. The van der Waals surface area contributed by atoms with E-state index in [1.807, 2.05) is 18.4 Å². The van der Waals surface area contributed by atoms with E-state index in [1.165, 1.54) is 5.56 Å². The first-order valence-electron chi connectivity index (χ1n) is 6.13. The van der Waals surface area contributed by atoms with Gasteiger partial charge in [-0.2, -0.15) is 0 Å². The number of aryl methyl sites for hydroxylation is 1. The third-order valence-electron chi connectivity index (χ3n) is 2.63. The van der Waals surface area contributed by atoms with Gasteiger partial charge in [0.1, 0.15) is 5.75 Å². The van der Waals surface area contributed by atoms with E-state index in [9.17, 15) is 9.00 Å². The Balaban J connectivity index is 2.25. The van der Waals surface area contributed by atoms with Gasteiger partial charge in [0.15, 0.2) is 0 Å². The molecule has 1 rings (SSSR count). The van der Waals surface area contributed by atoms with Crippen LogP contribution < -0.4 is 5.32 Å². The molecule has 0 radical (unpaired) electrons. The summed E-state index contributed by atoms with van der Waals surface area (Å²) in [5.41, 5.74) is 1.20. The molecule has 1 unspecified atom stereocenters. The average Bonchev–Trinajstić information content (AvgIpc) is 2.69. The van der Waals surface area contributed by atoms with E-state index in [4.69, 9.17) is 0 Å². The van der Waals surface area contributed by atoms with E-state index in [0.29, 0.717) is 18.2 Å². The molecular formula is C13H21NO2S2. The summed E-state index contributed by atoms with van der Waals surface area (Å²) in [6, 6.07) is 2.03. The van der Waals surface area contributed by atoms with Gasteiger partial charge in [-0.25, -0.2) is 0 Å². The molecule has 18 heavy (non-hydrogen) atoms. The van der Waals surface area contributed by atoms with Crippen molar-refractivity contribution >= 4 is 28.0 Å². The Morgan fingerprint density at radius 1 is 1.50 bits per heavy atom. The number of amides is 1. The van der Waals surface area contributed by atoms with Crippen molar-refractivity contribution in [2.75, 3.05) is 11.5 Å². The number of nitrogens with one attached hydrogen (secondary N) is 1. The fraction of sp³-hybridized carbons (Fsp3) is 0.615. The fourth-order valence-electron chi connectivity index (χ4n) is 1.40. The summed E-state index contributed by atoms with van der Waals surface area (Å²) < 4.78 is 11.6. The molecule has 1 aromatic rings. The van der Waals surface area contributed by atoms with Gasteiger partial charge in [-0.05, 0) is 36.3 Å². The van der Waals surface area contributed by atoms with Gasteiger partial charge in [0, 0.05) is 21.4 Å². The second-order valence-corrected chi connectivity index (χ2v) is 7.35. The van der Waals surface area contributed by atoms with Crippen molar-refractivity contribution in [3.05, 3.63) is 21.9 Å². The van der Waals surface area contributed by atoms with Crippen molar-refractivity contribution < 1.29 is 9.00 Å². The highest BCUT2D eigenvalue weighted by molar-refractivity contribution is 7.85. The first-order chi connectivity index (χ1) is 8.49. The molecule has 0 aliphatic carbocycles. The molecule has 1 aromatic heterocycles. The SMILES string of the molecule is Cc1ccsc1CNC(=O)CS(=O)CCC(C)C. The molecule has 1 amide bonds. The van der Waals surface area contributed by atoms with Crippen LogP contribution in [0.4, 0.5) is 0 Å². The lowest BCUT2D eigenvalue weighted by Gasteiger charge is -2.06. The Bertz CT molecular complexity index is 413. The molecule has 0 aliphatic rings. The Labute approximate surface area is 115 Å². The lowest BCUT2D eigenvalue weighted by Crippen LogP contribution is -2.28. The summed E-state index contributed by atoms with van der Waals surface area (Å²) in [7, 11) is -1.03. The van der Waals surface area contributed by atoms with Crippen molar-refractivity contribution in [1.29, 1.82) is 0 Å². The summed E-state index contributed by atoms with van der Waals surface area (Å²) in [5, 5.41) is 4.83. The van der Waals surface area contributed by atoms with Crippen molar-refractivity contribution in [1.82, 2.24) is 5.32 Å². The van der Waals surface area contributed by atoms with E-state index in [1.54, 1.807) is 11.3 Å². The summed E-state index contributed by atoms with van der Waals surface area (Å²) in [6.07, 6.45) is 0.907. The number of carbonyl (C=O) groups excluding carboxylic acids is 1. The van der Waals surface area contributed by atoms with Gasteiger partial charge in [0.05, 0.1) is 6.54 Å². The highest BCUT2D eigenvalue weighted by atomic mass is 32.2. The first-order valence-corrected chi connectivity index (χ1v) is 8.50. The van der Waals surface area contributed by atoms with Crippen LogP contribution in [-0.4, -0.2) is 21.6 Å². The number of rotatable bonds is 7. The van der Waals surface area contributed by atoms with Crippen LogP contribution in [0.25, 0.3) is 0 Å². The zero-order valence-corrected chi connectivity index (χ0v) is 12.8. The van der Waals surface area contributed by atoms with Gasteiger partial charge in [0.25, 0.3) is 0 Å². The molecule has 0 aromatic carbocycles. The highest BCUT2D eigenvalue weighted by Crippen LogP contribution is 2.14. The Kier molecular flexibility index (Phi) is 6.57. The van der Waals surface area contributed by atoms with E-state index in [-0.39, 0.29) is 11.7 Å². The van der Waals surface area contributed by atoms with Gasteiger partial charge < -0.3 is 5.32 Å². The molecular weight excluding hydrogens is 266 g/mol. The van der Waals surface area contributed by atoms with Crippen LogP contribution in [0, 0.1) is 12.8 Å². The molecule has 0 bridgehead atoms. The smallest absolute Gasteiger partial charge is 0.232 e. The lowest BCUT2D eigenvalue weighted by molar-refractivity contribution is -0.118. The summed E-state index contributed by atoms with van der Waals surface area (Å²) >= 11 is 1.63. The van der Waals surface area contributed by atoms with Gasteiger partial charge in [-0.3, -0.25) is 9.00 Å². The number of hydrogen-bond donors (Lipinski definition) is 1. The molecule has 0 saturated carbocycles. The molecule has 5 heteroatoms. The predicted molar refractivity (Wildman–Crippen MR) is 78.2 cm³/mol. The summed E-state index contributed by atoms with van der Waals surface area (Å²) in [6.45, 7) is 6.76. The van der Waals surface area contributed by atoms with Crippen molar-refractivity contribution in [2.24, 2.45) is 5.92 Å². The minimum atomic E-state index is -1.03. The largest absolute Gasteiger partial charge is 0.350 e. The second kappa shape index (κ2) is 7.69. The monoisotopic (exact) mass is 287 g/mol. The maximum atomic E-state index is 11.6. The quantitative estimate of drug-likeness (QED) is 0.837. The second-order valence-electron chi connectivity index (χ2n) is 4.77. The zero-order chi connectivity index (χ0) is 13.5. The molecule has 0 spiro atoms. The Hall–Kier alpha value is -0.680. The topological polar surface area (TPSA) is 46.2 Å². The zero-order valence-electron chi connectivity index (χ0n) is 11.2. The molecule has 0 fully saturated rings. The maximum absolute atomic E-state index is 11.6. The van der Waals surface area contributed by atoms with Gasteiger partial charge in [0.2, 0.25) is 5.91 Å². The van der Waals surface area contributed by atoms with Gasteiger partial charge in [-0.15, -0.1) is 11.3 Å². The van der Waals surface area contributed by atoms with Crippen LogP contribution in [0.5, 0.6) is 0 Å². The standard InChI is InChI=1S/C13H21NO2S2/c1-10(2)5-7-18(16)9-13(15)14-8-12-11(3)4-6-17-12/h4,6,10H,5,7-9H2,1-3H3,(H,14,15). The highest BCUT2D eigenvalue weighted by Gasteiger charge is 2.09. The molecule has 102 valence electrons. The third kappa shape index (κ3) is 5.78. The van der Waals surface area contributed by atoms with Crippen LogP contribution in [-0.2, 0) is 22.1 Å². The predicted octanol–water partition coefficient (Wildman–Crippen LogP) is 2.47. The maximum Gasteiger partial charge on any atom is 0.232 e. The van der Waals surface area contributed by atoms with Crippen molar-refractivity contribution in [2.45, 2.75) is 33.7 Å². The summed E-state index contributed by atoms with van der Waals surface area (Å²) in [5.74, 6) is 1.15. The summed E-state index contributed by atoms with van der Waals surface area (Å²) in [4.78, 5) is 12.8. The van der Waals surface area contributed by atoms with Crippen LogP contribution in [0.3, 0.4) is 0 Å². The van der Waals surface area contributed by atoms with Gasteiger partial charge >= 0.3 is 0 Å². The van der Waals surface area contributed by atoms with Gasteiger partial charge in [-0.1, -0.05) is 13.8 Å². The number of thiophene rings is 1. The average molecular weight is 287 g/mol. The minimum absolute atomic E-state index is 0.120. The minimum Gasteiger partial charge on any atom is -0.350 e. The molecule has 1 atom stereocenters. The van der Waals surface area contributed by atoms with E-state index < -0.39 is 10.8 Å². The lowest BCUT2D eigenvalue weighted by atomic mass is 10.2. The molecule has 3 nitrogen and oxygen atoms in total. The van der Waals surface area contributed by atoms with E-state index >= 15 is 0 Å². The molecule has 0 aliphatic heterocycles. The number of carbonyl (C=O) groups is 1. The third-order valence-corrected chi connectivity index (χ3v) is 4.93. The Morgan fingerprint density at radius 2 is 2.22 bits per heavy atom. The fourth-order valence-corrected chi connectivity index (χ4v) is 3.52. The van der Waals surface area contributed by atoms with Crippen molar-refractivity contribution in [3.8, 4) is 0 Å². The molecule has 1 N–H and O–H groups in total. The first kappa shape index (κ1) is 15.4.